The number of imide groups is 1. The molecule has 1 fully saturated rings. The summed E-state index contributed by atoms with van der Waals surface area (Å²) in [5.41, 5.74) is 7.99. The second-order valence-electron chi connectivity index (χ2n) is 4.39. The van der Waals surface area contributed by atoms with Crippen LogP contribution in [0.4, 0.5) is 5.69 Å². The van der Waals surface area contributed by atoms with Gasteiger partial charge in [0.2, 0.25) is 11.8 Å². The normalized spacial score (nSPS) is 20.1. The number of carbonyl (C=O) groups excluding carboxylic acids is 2. The highest BCUT2D eigenvalue weighted by atomic mass is 16.2. The second kappa shape index (κ2) is 3.83. The Kier molecular flexibility index (Phi) is 2.29. The first-order valence-electron chi connectivity index (χ1n) is 5.71. The molecule has 1 unspecified atom stereocenters. The molecule has 0 aliphatic carbocycles. The van der Waals surface area contributed by atoms with Gasteiger partial charge < -0.3 is 5.73 Å². The van der Waals surface area contributed by atoms with Crippen LogP contribution in [-0.2, 0) is 9.59 Å². The smallest absolute Gasteiger partial charge is 0.234 e. The maximum absolute atomic E-state index is 11.8. The van der Waals surface area contributed by atoms with E-state index in [1.165, 1.54) is 0 Å². The number of fused-ring (bicyclic) bond motifs is 1. The van der Waals surface area contributed by atoms with Crippen LogP contribution in [0.3, 0.4) is 0 Å². The van der Waals surface area contributed by atoms with Crippen LogP contribution in [0.15, 0.2) is 24.5 Å². The molecular formula is C12H12N4O2. The largest absolute Gasteiger partial charge is 0.399 e. The Morgan fingerprint density at radius 2 is 2.28 bits per heavy atom. The molecule has 3 rings (SSSR count). The Labute approximate surface area is 103 Å². The zero-order valence-electron chi connectivity index (χ0n) is 9.59. The molecule has 2 aromatic heterocycles. The molecule has 0 saturated carbocycles. The standard InChI is InChI=1S/C12H12N4O2/c13-7-3-4-16-10(5-7)9(6-14-16)8-1-2-11(17)15-12(8)18/h3-6,8H,1-2,13H2,(H,15,17,18). The summed E-state index contributed by atoms with van der Waals surface area (Å²) in [6, 6.07) is 3.53. The summed E-state index contributed by atoms with van der Waals surface area (Å²) >= 11 is 0. The van der Waals surface area contributed by atoms with Crippen molar-refractivity contribution in [3.05, 3.63) is 30.1 Å². The maximum atomic E-state index is 11.8. The van der Waals surface area contributed by atoms with Gasteiger partial charge in [-0.15, -0.1) is 0 Å². The summed E-state index contributed by atoms with van der Waals surface area (Å²) in [5.74, 6) is -0.808. The molecule has 6 nitrogen and oxygen atoms in total. The molecule has 6 heteroatoms. The van der Waals surface area contributed by atoms with E-state index >= 15 is 0 Å². The first kappa shape index (κ1) is 10.8. The lowest BCUT2D eigenvalue weighted by atomic mass is 9.91. The van der Waals surface area contributed by atoms with Crippen molar-refractivity contribution >= 4 is 23.0 Å². The second-order valence-corrected chi connectivity index (χ2v) is 4.39. The van der Waals surface area contributed by atoms with Gasteiger partial charge in [-0.3, -0.25) is 14.9 Å². The van der Waals surface area contributed by atoms with Crippen molar-refractivity contribution in [3.8, 4) is 0 Å². The predicted molar refractivity (Wildman–Crippen MR) is 64.7 cm³/mol. The molecule has 18 heavy (non-hydrogen) atoms. The van der Waals surface area contributed by atoms with E-state index in [-0.39, 0.29) is 17.7 Å². The summed E-state index contributed by atoms with van der Waals surface area (Å²) in [6.07, 6.45) is 4.28. The molecule has 1 aliphatic rings. The Balaban J connectivity index is 2.06. The first-order chi connectivity index (χ1) is 8.65. The molecule has 1 aliphatic heterocycles. The number of nitrogens with one attached hydrogen (secondary N) is 1. The number of hydrogen-bond acceptors (Lipinski definition) is 4. The SMILES string of the molecule is Nc1ccn2ncc(C3CCC(=O)NC3=O)c2c1. The Hall–Kier alpha value is -2.37. The van der Waals surface area contributed by atoms with Crippen LogP contribution in [0.5, 0.6) is 0 Å². The highest BCUT2D eigenvalue weighted by Gasteiger charge is 2.30. The zero-order valence-corrected chi connectivity index (χ0v) is 9.59. The number of nitrogens with zero attached hydrogens (tertiary/aromatic N) is 2. The minimum absolute atomic E-state index is 0.216. The molecule has 1 atom stereocenters. The number of anilines is 1. The fourth-order valence-electron chi connectivity index (χ4n) is 2.27. The van der Waals surface area contributed by atoms with Gasteiger partial charge in [-0.25, -0.2) is 4.52 Å². The number of nitrogens with two attached hydrogens (primary N) is 1. The van der Waals surface area contributed by atoms with E-state index in [0.29, 0.717) is 18.5 Å². The van der Waals surface area contributed by atoms with Gasteiger partial charge in [0.15, 0.2) is 0 Å². The van der Waals surface area contributed by atoms with E-state index in [4.69, 9.17) is 5.73 Å². The van der Waals surface area contributed by atoms with Crippen molar-refractivity contribution in [2.75, 3.05) is 5.73 Å². The minimum Gasteiger partial charge on any atom is -0.399 e. The van der Waals surface area contributed by atoms with E-state index < -0.39 is 0 Å². The Morgan fingerprint density at radius 3 is 3.06 bits per heavy atom. The van der Waals surface area contributed by atoms with Gasteiger partial charge in [-0.1, -0.05) is 0 Å². The van der Waals surface area contributed by atoms with Crippen LogP contribution in [0.25, 0.3) is 5.52 Å². The van der Waals surface area contributed by atoms with Crippen molar-refractivity contribution in [1.82, 2.24) is 14.9 Å². The molecule has 3 N–H and O–H groups in total. The highest BCUT2D eigenvalue weighted by Crippen LogP contribution is 2.28. The monoisotopic (exact) mass is 244 g/mol. The van der Waals surface area contributed by atoms with Crippen LogP contribution >= 0.6 is 0 Å². The van der Waals surface area contributed by atoms with Gasteiger partial charge >= 0.3 is 0 Å². The summed E-state index contributed by atoms with van der Waals surface area (Å²) in [7, 11) is 0. The maximum Gasteiger partial charge on any atom is 0.234 e. The lowest BCUT2D eigenvalue weighted by Crippen LogP contribution is -2.39. The number of carbonyl (C=O) groups is 2. The quantitative estimate of drug-likeness (QED) is 0.712. The molecule has 0 spiro atoms. The third kappa shape index (κ3) is 1.62. The van der Waals surface area contributed by atoms with E-state index in [9.17, 15) is 9.59 Å². The number of aromatic nitrogens is 2. The lowest BCUT2D eigenvalue weighted by Gasteiger charge is -2.19. The fourth-order valence-corrected chi connectivity index (χ4v) is 2.27. The average molecular weight is 244 g/mol. The number of pyridine rings is 1. The summed E-state index contributed by atoms with van der Waals surface area (Å²) < 4.78 is 1.68. The number of rotatable bonds is 1. The molecule has 0 radical (unpaired) electrons. The molecule has 92 valence electrons. The predicted octanol–water partition coefficient (Wildman–Crippen LogP) is 0.437. The fraction of sp³-hybridized carbons (Fsp3) is 0.250. The molecule has 2 amide bonds. The molecule has 3 heterocycles. The van der Waals surface area contributed by atoms with Crippen LogP contribution in [0.2, 0.25) is 0 Å². The van der Waals surface area contributed by atoms with Crippen molar-refractivity contribution in [1.29, 1.82) is 0 Å². The number of nitrogen functional groups attached to an aromatic ring is 1. The summed E-state index contributed by atoms with van der Waals surface area (Å²) in [5, 5.41) is 6.54. The lowest BCUT2D eigenvalue weighted by molar-refractivity contribution is -0.134. The highest BCUT2D eigenvalue weighted by molar-refractivity contribution is 6.01. The summed E-state index contributed by atoms with van der Waals surface area (Å²) in [4.78, 5) is 23.0. The first-order valence-corrected chi connectivity index (χ1v) is 5.71. The molecule has 0 bridgehead atoms. The molecule has 2 aromatic rings. The van der Waals surface area contributed by atoms with Crippen LogP contribution in [0.1, 0.15) is 24.3 Å². The van der Waals surface area contributed by atoms with E-state index in [2.05, 4.69) is 10.4 Å². The van der Waals surface area contributed by atoms with E-state index in [1.54, 1.807) is 29.0 Å². The van der Waals surface area contributed by atoms with Gasteiger partial charge in [0.05, 0.1) is 17.6 Å². The van der Waals surface area contributed by atoms with Crippen molar-refractivity contribution in [2.45, 2.75) is 18.8 Å². The third-order valence-electron chi connectivity index (χ3n) is 3.19. The van der Waals surface area contributed by atoms with Crippen LogP contribution in [0, 0.1) is 0 Å². The van der Waals surface area contributed by atoms with E-state index in [0.717, 1.165) is 11.1 Å². The minimum atomic E-state index is -0.331. The van der Waals surface area contributed by atoms with Gasteiger partial charge in [-0.05, 0) is 18.6 Å². The Morgan fingerprint density at radius 1 is 1.44 bits per heavy atom. The third-order valence-corrected chi connectivity index (χ3v) is 3.19. The number of piperidine rings is 1. The van der Waals surface area contributed by atoms with Crippen molar-refractivity contribution < 1.29 is 9.59 Å². The molecule has 0 aromatic carbocycles. The van der Waals surface area contributed by atoms with Crippen LogP contribution < -0.4 is 11.1 Å². The molecule has 1 saturated heterocycles. The van der Waals surface area contributed by atoms with Crippen LogP contribution in [-0.4, -0.2) is 21.4 Å². The number of hydrogen-bond donors (Lipinski definition) is 2. The summed E-state index contributed by atoms with van der Waals surface area (Å²) in [6.45, 7) is 0. The average Bonchev–Trinajstić information content (AvgIpc) is 2.72. The zero-order chi connectivity index (χ0) is 12.7. The van der Waals surface area contributed by atoms with Crippen molar-refractivity contribution in [2.24, 2.45) is 0 Å². The van der Waals surface area contributed by atoms with Gasteiger partial charge in [0, 0.05) is 23.9 Å². The van der Waals surface area contributed by atoms with Gasteiger partial charge in [-0.2, -0.15) is 5.10 Å². The van der Waals surface area contributed by atoms with Crippen molar-refractivity contribution in [3.63, 3.8) is 0 Å². The van der Waals surface area contributed by atoms with Gasteiger partial charge in [0.1, 0.15) is 0 Å². The number of amides is 2. The topological polar surface area (TPSA) is 89.5 Å². The molecular weight excluding hydrogens is 232 g/mol. The van der Waals surface area contributed by atoms with Gasteiger partial charge in [0.25, 0.3) is 0 Å². The Bertz CT molecular complexity index is 647. The van der Waals surface area contributed by atoms with E-state index in [1.807, 2.05) is 0 Å².